The Morgan fingerprint density at radius 3 is 2.76 bits per heavy atom. The summed E-state index contributed by atoms with van der Waals surface area (Å²) in [5.41, 5.74) is 3.47. The Bertz CT molecular complexity index is 949. The molecule has 2 bridgehead atoms. The number of aromatic nitrogens is 5. The Labute approximate surface area is 144 Å². The van der Waals surface area contributed by atoms with Crippen LogP contribution in [0.2, 0.25) is 0 Å². The molecule has 128 valence electrons. The molecule has 8 heteroatoms. The van der Waals surface area contributed by atoms with E-state index in [4.69, 9.17) is 9.47 Å². The van der Waals surface area contributed by atoms with Crippen molar-refractivity contribution < 1.29 is 9.47 Å². The first-order valence-electron chi connectivity index (χ1n) is 8.33. The van der Waals surface area contributed by atoms with E-state index >= 15 is 0 Å². The van der Waals surface area contributed by atoms with Crippen LogP contribution in [0.4, 0.5) is 5.69 Å². The van der Waals surface area contributed by atoms with Crippen molar-refractivity contribution in [3.63, 3.8) is 0 Å². The number of nitrogens with zero attached hydrogens (tertiary/aromatic N) is 6. The molecule has 2 saturated heterocycles. The maximum atomic E-state index is 5.42. The number of ether oxygens (including phenoxy) is 2. The van der Waals surface area contributed by atoms with Gasteiger partial charge in [-0.05, 0) is 24.8 Å². The van der Waals surface area contributed by atoms with Gasteiger partial charge in [0.2, 0.25) is 5.88 Å². The van der Waals surface area contributed by atoms with Crippen LogP contribution in [0.3, 0.4) is 0 Å². The maximum Gasteiger partial charge on any atom is 0.319 e. The topological polar surface area (TPSA) is 77.7 Å². The standard InChI is InChI=1S/C17H18N6O2/c1-24-16-12(8-19-17(20-16)25-2)13-7-14(15-18-3-4-23(15)21-13)22-9-10-5-11(22)6-10/h3-4,7-8,10-11H,5-6,9H2,1-2H3. The molecule has 0 unspecified atom stereocenters. The average molecular weight is 338 g/mol. The van der Waals surface area contributed by atoms with Crippen molar-refractivity contribution in [1.82, 2.24) is 24.6 Å². The fraction of sp³-hybridized carbons (Fsp3) is 0.412. The monoisotopic (exact) mass is 338 g/mol. The van der Waals surface area contributed by atoms with Crippen LogP contribution in [0.25, 0.3) is 16.9 Å². The van der Waals surface area contributed by atoms with E-state index < -0.39 is 0 Å². The molecular weight excluding hydrogens is 320 g/mol. The molecule has 0 amide bonds. The van der Waals surface area contributed by atoms with E-state index in [2.05, 4.69) is 31.0 Å². The molecular formula is C17H18N6O2. The van der Waals surface area contributed by atoms with Crippen LogP contribution in [0.15, 0.2) is 24.7 Å². The van der Waals surface area contributed by atoms with Crippen LogP contribution < -0.4 is 14.4 Å². The van der Waals surface area contributed by atoms with Crippen LogP contribution in [0.1, 0.15) is 12.8 Å². The van der Waals surface area contributed by atoms with Crippen LogP contribution in [0.5, 0.6) is 11.9 Å². The lowest BCUT2D eigenvalue weighted by Crippen LogP contribution is -2.29. The average Bonchev–Trinajstić information content (AvgIpc) is 3.34. The summed E-state index contributed by atoms with van der Waals surface area (Å²) in [5.74, 6) is 1.26. The SMILES string of the molecule is COc1ncc(-c2cc(N3CC4CC3C4)c3nccn3n2)c(OC)n1. The molecule has 25 heavy (non-hydrogen) atoms. The second kappa shape index (κ2) is 5.30. The molecule has 3 fully saturated rings. The fourth-order valence-electron chi connectivity index (χ4n) is 3.85. The van der Waals surface area contributed by atoms with Crippen LogP contribution >= 0.6 is 0 Å². The summed E-state index contributed by atoms with van der Waals surface area (Å²) in [6, 6.07) is 2.95. The first-order valence-corrected chi connectivity index (χ1v) is 8.33. The molecule has 0 radical (unpaired) electrons. The summed E-state index contributed by atoms with van der Waals surface area (Å²) < 4.78 is 12.3. The Kier molecular flexibility index (Phi) is 3.06. The van der Waals surface area contributed by atoms with Gasteiger partial charge in [-0.15, -0.1) is 0 Å². The van der Waals surface area contributed by atoms with Crippen LogP contribution in [-0.2, 0) is 0 Å². The molecule has 1 saturated carbocycles. The van der Waals surface area contributed by atoms with E-state index in [0.29, 0.717) is 11.9 Å². The second-order valence-electron chi connectivity index (χ2n) is 6.53. The molecule has 1 aliphatic carbocycles. The number of hydrogen-bond donors (Lipinski definition) is 0. The van der Waals surface area contributed by atoms with Crippen LogP contribution in [-0.4, -0.2) is 51.4 Å². The number of anilines is 1. The highest BCUT2D eigenvalue weighted by atomic mass is 16.5. The van der Waals surface area contributed by atoms with Crippen molar-refractivity contribution in [3.05, 3.63) is 24.7 Å². The Morgan fingerprint density at radius 1 is 1.16 bits per heavy atom. The third-order valence-electron chi connectivity index (χ3n) is 5.14. The first-order chi connectivity index (χ1) is 12.3. The summed E-state index contributed by atoms with van der Waals surface area (Å²) in [5, 5.41) is 4.67. The van der Waals surface area contributed by atoms with E-state index in [-0.39, 0.29) is 6.01 Å². The van der Waals surface area contributed by atoms with Gasteiger partial charge in [0.1, 0.15) is 5.69 Å². The van der Waals surface area contributed by atoms with E-state index in [1.807, 2.05) is 10.7 Å². The zero-order valence-electron chi connectivity index (χ0n) is 14.1. The van der Waals surface area contributed by atoms with Crippen LogP contribution in [0, 0.1) is 5.92 Å². The Hall–Kier alpha value is -2.90. The third-order valence-corrected chi connectivity index (χ3v) is 5.14. The molecule has 2 aliphatic heterocycles. The number of fused-ring (bicyclic) bond motifs is 2. The van der Waals surface area contributed by atoms with E-state index in [9.17, 15) is 0 Å². The molecule has 3 aliphatic rings. The van der Waals surface area contributed by atoms with Gasteiger partial charge in [-0.3, -0.25) is 0 Å². The van der Waals surface area contributed by atoms with Gasteiger partial charge in [-0.25, -0.2) is 14.5 Å². The molecule has 3 aromatic heterocycles. The van der Waals surface area contributed by atoms with Gasteiger partial charge in [0, 0.05) is 31.2 Å². The molecule has 5 heterocycles. The van der Waals surface area contributed by atoms with Crippen molar-refractivity contribution in [2.24, 2.45) is 5.92 Å². The van der Waals surface area contributed by atoms with Gasteiger partial charge >= 0.3 is 6.01 Å². The molecule has 0 aromatic carbocycles. The molecule has 0 spiro atoms. The van der Waals surface area contributed by atoms with E-state index in [0.717, 1.165) is 35.1 Å². The highest BCUT2D eigenvalue weighted by Crippen LogP contribution is 2.44. The second-order valence-corrected chi connectivity index (χ2v) is 6.53. The predicted molar refractivity (Wildman–Crippen MR) is 91.0 cm³/mol. The Balaban J connectivity index is 1.67. The summed E-state index contributed by atoms with van der Waals surface area (Å²) >= 11 is 0. The molecule has 0 N–H and O–H groups in total. The number of methoxy groups -OCH3 is 2. The lowest BCUT2D eigenvalue weighted by molar-refractivity contribution is 0.353. The number of imidazole rings is 1. The van der Waals surface area contributed by atoms with E-state index in [1.54, 1.807) is 19.5 Å². The number of rotatable bonds is 4. The van der Waals surface area contributed by atoms with Crippen molar-refractivity contribution in [3.8, 4) is 23.1 Å². The summed E-state index contributed by atoms with van der Waals surface area (Å²) in [6.07, 6.45) is 7.87. The van der Waals surface area contributed by atoms with E-state index in [1.165, 1.54) is 20.0 Å². The highest BCUT2D eigenvalue weighted by Gasteiger charge is 2.43. The Morgan fingerprint density at radius 2 is 2.04 bits per heavy atom. The molecule has 3 aromatic rings. The zero-order valence-corrected chi connectivity index (χ0v) is 14.1. The quantitative estimate of drug-likeness (QED) is 0.718. The smallest absolute Gasteiger partial charge is 0.319 e. The van der Waals surface area contributed by atoms with Gasteiger partial charge < -0.3 is 14.4 Å². The lowest BCUT2D eigenvalue weighted by atomic mass is 9.86. The molecule has 6 rings (SSSR count). The first kappa shape index (κ1) is 14.4. The molecule has 8 nitrogen and oxygen atoms in total. The minimum atomic E-state index is 0.268. The fourth-order valence-corrected chi connectivity index (χ4v) is 3.85. The zero-order chi connectivity index (χ0) is 17.0. The van der Waals surface area contributed by atoms with Gasteiger partial charge in [0.25, 0.3) is 0 Å². The van der Waals surface area contributed by atoms with Crippen molar-refractivity contribution in [2.75, 3.05) is 25.7 Å². The van der Waals surface area contributed by atoms with Crippen molar-refractivity contribution in [1.29, 1.82) is 0 Å². The maximum absolute atomic E-state index is 5.42. The summed E-state index contributed by atoms with van der Waals surface area (Å²) in [7, 11) is 3.11. The van der Waals surface area contributed by atoms with Gasteiger partial charge in [-0.1, -0.05) is 0 Å². The summed E-state index contributed by atoms with van der Waals surface area (Å²) in [4.78, 5) is 15.4. The number of hydrogen-bond acceptors (Lipinski definition) is 7. The summed E-state index contributed by atoms with van der Waals surface area (Å²) in [6.45, 7) is 1.09. The van der Waals surface area contributed by atoms with Crippen molar-refractivity contribution in [2.45, 2.75) is 18.9 Å². The molecule has 0 atom stereocenters. The normalized spacial score (nSPS) is 21.4. The van der Waals surface area contributed by atoms with Gasteiger partial charge in [0.15, 0.2) is 5.65 Å². The third kappa shape index (κ3) is 2.13. The van der Waals surface area contributed by atoms with Gasteiger partial charge in [0.05, 0.1) is 25.5 Å². The highest BCUT2D eigenvalue weighted by molar-refractivity contribution is 5.77. The largest absolute Gasteiger partial charge is 0.480 e. The minimum Gasteiger partial charge on any atom is -0.480 e. The predicted octanol–water partition coefficient (Wildman–Crippen LogP) is 1.80. The van der Waals surface area contributed by atoms with Crippen molar-refractivity contribution >= 4 is 11.3 Å². The van der Waals surface area contributed by atoms with Gasteiger partial charge in [-0.2, -0.15) is 10.1 Å². The lowest BCUT2D eigenvalue weighted by Gasteiger charge is -2.27. The minimum absolute atomic E-state index is 0.268.